The van der Waals surface area contributed by atoms with E-state index in [9.17, 15) is 26.4 Å². The zero-order valence-electron chi connectivity index (χ0n) is 17.7. The number of halogens is 4. The standard InChI is InChI=1S/C21H25ClF3N3O3S/c1-3-4-5-18-14(7-10-19(27-18)21(23,24)25)8-11-20(29)26-13-15-6-9-16(12-17(15)22)28-32(2,30)31/h6-7,9-10,12,28H,3-5,8,11,13H2,1-2H3,(H,26,29). The minimum atomic E-state index is -4.51. The fraction of sp³-hybridized carbons (Fsp3) is 0.429. The van der Waals surface area contributed by atoms with Crippen LogP contribution in [-0.2, 0) is 40.4 Å². The molecule has 1 aromatic carbocycles. The number of carbonyl (C=O) groups is 1. The van der Waals surface area contributed by atoms with Crippen LogP contribution in [0.15, 0.2) is 30.3 Å². The first kappa shape index (κ1) is 25.9. The van der Waals surface area contributed by atoms with E-state index < -0.39 is 21.9 Å². The third-order valence-electron chi connectivity index (χ3n) is 4.58. The number of aryl methyl sites for hydroxylation is 2. The number of anilines is 1. The van der Waals surface area contributed by atoms with Crippen molar-refractivity contribution in [3.05, 3.63) is 57.9 Å². The van der Waals surface area contributed by atoms with Gasteiger partial charge in [-0.3, -0.25) is 9.52 Å². The summed E-state index contributed by atoms with van der Waals surface area (Å²) in [4.78, 5) is 16.0. The van der Waals surface area contributed by atoms with E-state index in [2.05, 4.69) is 15.0 Å². The Morgan fingerprint density at radius 2 is 1.81 bits per heavy atom. The Hall–Kier alpha value is -2.33. The molecule has 1 heterocycles. The SMILES string of the molecule is CCCCc1nc(C(F)(F)F)ccc1CCC(=O)NCc1ccc(NS(C)(=O)=O)cc1Cl. The highest BCUT2D eigenvalue weighted by atomic mass is 35.5. The van der Waals surface area contributed by atoms with Gasteiger partial charge in [-0.1, -0.05) is 37.1 Å². The molecule has 2 aromatic rings. The van der Waals surface area contributed by atoms with Crippen LogP contribution >= 0.6 is 11.6 Å². The highest BCUT2D eigenvalue weighted by Crippen LogP contribution is 2.29. The van der Waals surface area contributed by atoms with Gasteiger partial charge in [0.05, 0.1) is 6.26 Å². The Morgan fingerprint density at radius 1 is 1.12 bits per heavy atom. The number of aromatic nitrogens is 1. The van der Waals surface area contributed by atoms with Crippen LogP contribution in [0.1, 0.15) is 48.7 Å². The van der Waals surface area contributed by atoms with E-state index in [1.807, 2.05) is 6.92 Å². The molecule has 6 nitrogen and oxygen atoms in total. The van der Waals surface area contributed by atoms with Crippen molar-refractivity contribution in [3.8, 4) is 0 Å². The maximum absolute atomic E-state index is 13.0. The van der Waals surface area contributed by atoms with Gasteiger partial charge < -0.3 is 5.32 Å². The monoisotopic (exact) mass is 491 g/mol. The predicted molar refractivity (Wildman–Crippen MR) is 118 cm³/mol. The minimum absolute atomic E-state index is 0.0809. The van der Waals surface area contributed by atoms with Crippen molar-refractivity contribution in [3.63, 3.8) is 0 Å². The summed E-state index contributed by atoms with van der Waals surface area (Å²) in [5.74, 6) is -0.291. The number of nitrogens with zero attached hydrogens (tertiary/aromatic N) is 1. The van der Waals surface area contributed by atoms with Crippen LogP contribution in [0, 0.1) is 0 Å². The topological polar surface area (TPSA) is 88.2 Å². The van der Waals surface area contributed by atoms with Gasteiger partial charge in [0.15, 0.2) is 0 Å². The summed E-state index contributed by atoms with van der Waals surface area (Å²) in [7, 11) is -3.43. The molecule has 1 amide bonds. The fourth-order valence-corrected chi connectivity index (χ4v) is 3.78. The smallest absolute Gasteiger partial charge is 0.352 e. The summed E-state index contributed by atoms with van der Waals surface area (Å²) < 4.78 is 63.8. The second-order valence-electron chi connectivity index (χ2n) is 7.36. The molecule has 0 aliphatic carbocycles. The maximum Gasteiger partial charge on any atom is 0.433 e. The number of hydrogen-bond acceptors (Lipinski definition) is 4. The number of sulfonamides is 1. The summed E-state index contributed by atoms with van der Waals surface area (Å²) >= 11 is 6.15. The number of rotatable bonds is 10. The van der Waals surface area contributed by atoms with Gasteiger partial charge >= 0.3 is 6.18 Å². The molecule has 0 bridgehead atoms. The van der Waals surface area contributed by atoms with Crippen LogP contribution in [-0.4, -0.2) is 25.6 Å². The number of alkyl halides is 3. The van der Waals surface area contributed by atoms with Gasteiger partial charge in [0.25, 0.3) is 0 Å². The molecule has 0 spiro atoms. The zero-order valence-corrected chi connectivity index (χ0v) is 19.3. The Kier molecular flexibility index (Phi) is 8.91. The highest BCUT2D eigenvalue weighted by molar-refractivity contribution is 7.92. The highest BCUT2D eigenvalue weighted by Gasteiger charge is 2.32. The Balaban J connectivity index is 1.98. The molecule has 0 fully saturated rings. The molecule has 176 valence electrons. The van der Waals surface area contributed by atoms with E-state index in [0.29, 0.717) is 35.3 Å². The number of amides is 1. The van der Waals surface area contributed by atoms with Gasteiger partial charge in [-0.05, 0) is 48.6 Å². The molecule has 0 atom stereocenters. The van der Waals surface area contributed by atoms with Crippen LogP contribution in [0.3, 0.4) is 0 Å². The van der Waals surface area contributed by atoms with Crippen molar-refractivity contribution in [1.82, 2.24) is 10.3 Å². The zero-order chi connectivity index (χ0) is 23.9. The van der Waals surface area contributed by atoms with Crippen molar-refractivity contribution in [2.24, 2.45) is 0 Å². The number of nitrogens with one attached hydrogen (secondary N) is 2. The van der Waals surface area contributed by atoms with E-state index in [4.69, 9.17) is 11.6 Å². The molecule has 0 saturated heterocycles. The normalized spacial score (nSPS) is 11.9. The van der Waals surface area contributed by atoms with Gasteiger partial charge in [-0.25, -0.2) is 13.4 Å². The molecule has 2 N–H and O–H groups in total. The Morgan fingerprint density at radius 3 is 2.41 bits per heavy atom. The van der Waals surface area contributed by atoms with Crippen molar-refractivity contribution in [2.45, 2.75) is 51.7 Å². The van der Waals surface area contributed by atoms with Gasteiger partial charge in [-0.2, -0.15) is 13.2 Å². The number of carbonyl (C=O) groups excluding carboxylic acids is 1. The summed E-state index contributed by atoms with van der Waals surface area (Å²) in [6.45, 7) is 2.07. The van der Waals surface area contributed by atoms with E-state index in [0.717, 1.165) is 18.7 Å². The van der Waals surface area contributed by atoms with Crippen molar-refractivity contribution in [2.75, 3.05) is 11.0 Å². The largest absolute Gasteiger partial charge is 0.433 e. The lowest BCUT2D eigenvalue weighted by Crippen LogP contribution is -2.23. The summed E-state index contributed by atoms with van der Waals surface area (Å²) in [5.41, 5.74) is 0.962. The molecule has 0 unspecified atom stereocenters. The van der Waals surface area contributed by atoms with Gasteiger partial charge in [0.1, 0.15) is 5.69 Å². The molecular formula is C21H25ClF3N3O3S. The van der Waals surface area contributed by atoms with Crippen molar-refractivity contribution >= 4 is 33.2 Å². The molecule has 11 heteroatoms. The number of benzene rings is 1. The molecule has 32 heavy (non-hydrogen) atoms. The average Bonchev–Trinajstić information content (AvgIpc) is 2.68. The molecule has 1 aromatic heterocycles. The van der Waals surface area contributed by atoms with Gasteiger partial charge in [0.2, 0.25) is 15.9 Å². The lowest BCUT2D eigenvalue weighted by atomic mass is 10.0. The quantitative estimate of drug-likeness (QED) is 0.503. The lowest BCUT2D eigenvalue weighted by Gasteiger charge is -2.13. The van der Waals surface area contributed by atoms with Gasteiger partial charge in [0, 0.05) is 29.4 Å². The van der Waals surface area contributed by atoms with Crippen molar-refractivity contribution < 1.29 is 26.4 Å². The van der Waals surface area contributed by atoms with Crippen LogP contribution in [0.25, 0.3) is 0 Å². The third-order valence-corrected chi connectivity index (χ3v) is 5.54. The molecule has 2 rings (SSSR count). The second-order valence-corrected chi connectivity index (χ2v) is 9.52. The van der Waals surface area contributed by atoms with Gasteiger partial charge in [-0.15, -0.1) is 0 Å². The molecular weight excluding hydrogens is 467 g/mol. The Labute approximate surface area is 190 Å². The molecule has 0 saturated carbocycles. The first-order chi connectivity index (χ1) is 14.9. The lowest BCUT2D eigenvalue weighted by molar-refractivity contribution is -0.141. The molecule has 0 radical (unpaired) electrons. The Bertz CT molecular complexity index is 1060. The summed E-state index contributed by atoms with van der Waals surface area (Å²) in [6, 6.07) is 6.89. The first-order valence-corrected chi connectivity index (χ1v) is 12.2. The number of hydrogen-bond donors (Lipinski definition) is 2. The average molecular weight is 492 g/mol. The van der Waals surface area contributed by atoms with Crippen LogP contribution < -0.4 is 10.0 Å². The van der Waals surface area contributed by atoms with E-state index in [-0.39, 0.29) is 30.3 Å². The van der Waals surface area contributed by atoms with Crippen molar-refractivity contribution in [1.29, 1.82) is 0 Å². The van der Waals surface area contributed by atoms with Crippen LogP contribution in [0.4, 0.5) is 18.9 Å². The number of unbranched alkanes of at least 4 members (excludes halogenated alkanes) is 1. The predicted octanol–water partition coefficient (Wildman–Crippen LogP) is 4.72. The van der Waals surface area contributed by atoms with Crippen LogP contribution in [0.2, 0.25) is 5.02 Å². The molecule has 0 aliphatic rings. The van der Waals surface area contributed by atoms with E-state index >= 15 is 0 Å². The minimum Gasteiger partial charge on any atom is -0.352 e. The maximum atomic E-state index is 13.0. The first-order valence-electron chi connectivity index (χ1n) is 9.98. The van der Waals surface area contributed by atoms with Crippen LogP contribution in [0.5, 0.6) is 0 Å². The fourth-order valence-electron chi connectivity index (χ4n) is 2.98. The van der Waals surface area contributed by atoms with E-state index in [1.165, 1.54) is 18.2 Å². The summed E-state index contributed by atoms with van der Waals surface area (Å²) in [6.07, 6.45) is -1.20. The number of pyridine rings is 1. The molecule has 0 aliphatic heterocycles. The summed E-state index contributed by atoms with van der Waals surface area (Å²) in [5, 5.41) is 3.00. The second kappa shape index (κ2) is 11.0. The third kappa shape index (κ3) is 8.31. The van der Waals surface area contributed by atoms with E-state index in [1.54, 1.807) is 6.07 Å².